The lowest BCUT2D eigenvalue weighted by Gasteiger charge is -2.33. The number of morpholine rings is 1. The lowest BCUT2D eigenvalue weighted by molar-refractivity contribution is -0.141. The molecule has 1 spiro atoms. The van der Waals surface area contributed by atoms with E-state index in [1.165, 1.54) is 23.5 Å². The number of ether oxygens (including phenoxy) is 2. The van der Waals surface area contributed by atoms with Gasteiger partial charge in [0.2, 0.25) is 15.9 Å². The van der Waals surface area contributed by atoms with Crippen LogP contribution < -0.4 is 10.1 Å². The molecule has 1 aromatic carbocycles. The Labute approximate surface area is 149 Å². The zero-order valence-corrected chi connectivity index (χ0v) is 15.2. The van der Waals surface area contributed by atoms with Crippen molar-refractivity contribution >= 4 is 39.1 Å². The molecule has 2 aliphatic heterocycles. The zero-order chi connectivity index (χ0) is 17.5. The molecule has 7 nitrogen and oxygen atoms in total. The van der Waals surface area contributed by atoms with E-state index in [4.69, 9.17) is 32.7 Å². The molecular weight excluding hydrogens is 379 g/mol. The minimum Gasteiger partial charge on any atom is -0.494 e. The Bertz CT molecular complexity index is 774. The second-order valence-electron chi connectivity index (χ2n) is 5.73. The first-order valence-electron chi connectivity index (χ1n) is 7.22. The first-order chi connectivity index (χ1) is 11.3. The summed E-state index contributed by atoms with van der Waals surface area (Å²) in [5.41, 5.74) is -0.690. The largest absolute Gasteiger partial charge is 0.494 e. The van der Waals surface area contributed by atoms with Gasteiger partial charge in [-0.1, -0.05) is 23.2 Å². The van der Waals surface area contributed by atoms with Crippen molar-refractivity contribution in [1.82, 2.24) is 9.62 Å². The first-order valence-corrected chi connectivity index (χ1v) is 9.41. The monoisotopic (exact) mass is 394 g/mol. The highest BCUT2D eigenvalue weighted by Crippen LogP contribution is 2.40. The molecule has 2 heterocycles. The van der Waals surface area contributed by atoms with Crippen molar-refractivity contribution in [2.45, 2.75) is 16.9 Å². The van der Waals surface area contributed by atoms with Gasteiger partial charge in [0.05, 0.1) is 12.1 Å². The molecule has 0 saturated carbocycles. The molecule has 1 atom stereocenters. The molecule has 1 N–H and O–H groups in total. The summed E-state index contributed by atoms with van der Waals surface area (Å²) >= 11 is 12.0. The average molecular weight is 395 g/mol. The Kier molecular flexibility index (Phi) is 4.69. The summed E-state index contributed by atoms with van der Waals surface area (Å²) in [4.78, 5) is 11.2. The molecule has 1 amide bonds. The van der Waals surface area contributed by atoms with E-state index < -0.39 is 15.6 Å². The minimum atomic E-state index is -3.84. The molecule has 1 aromatic rings. The van der Waals surface area contributed by atoms with E-state index in [0.29, 0.717) is 6.42 Å². The van der Waals surface area contributed by atoms with Crippen LogP contribution in [0.25, 0.3) is 0 Å². The van der Waals surface area contributed by atoms with Crippen molar-refractivity contribution in [2.75, 3.05) is 33.4 Å². The zero-order valence-electron chi connectivity index (χ0n) is 12.8. The van der Waals surface area contributed by atoms with Gasteiger partial charge in [-0.2, -0.15) is 4.31 Å². The maximum atomic E-state index is 13.0. The molecular formula is C14H16Cl2N2O5S. The van der Waals surface area contributed by atoms with Gasteiger partial charge in [0.1, 0.15) is 22.1 Å². The van der Waals surface area contributed by atoms with Crippen molar-refractivity contribution in [1.29, 1.82) is 0 Å². The third-order valence-electron chi connectivity index (χ3n) is 4.23. The summed E-state index contributed by atoms with van der Waals surface area (Å²) < 4.78 is 38.0. The Balaban J connectivity index is 1.90. The molecule has 2 saturated heterocycles. The molecule has 2 fully saturated rings. The van der Waals surface area contributed by atoms with Gasteiger partial charge in [-0.15, -0.1) is 0 Å². The predicted octanol–water partition coefficient (Wildman–Crippen LogP) is 1.28. The van der Waals surface area contributed by atoms with Crippen LogP contribution >= 0.6 is 23.2 Å². The van der Waals surface area contributed by atoms with E-state index in [0.717, 1.165) is 0 Å². The van der Waals surface area contributed by atoms with E-state index in [1.807, 2.05) is 0 Å². The van der Waals surface area contributed by atoms with E-state index >= 15 is 0 Å². The predicted molar refractivity (Wildman–Crippen MR) is 88.1 cm³/mol. The third-order valence-corrected chi connectivity index (χ3v) is 6.89. The van der Waals surface area contributed by atoms with Gasteiger partial charge in [-0.05, 0) is 18.6 Å². The van der Waals surface area contributed by atoms with Gasteiger partial charge in [-0.25, -0.2) is 8.42 Å². The number of methoxy groups -OCH3 is 1. The second-order valence-corrected chi connectivity index (χ2v) is 8.42. The normalized spacial score (nSPS) is 25.0. The van der Waals surface area contributed by atoms with Crippen LogP contribution in [0.1, 0.15) is 6.42 Å². The van der Waals surface area contributed by atoms with Crippen LogP contribution in [0.2, 0.25) is 10.0 Å². The molecule has 1 unspecified atom stereocenters. The summed E-state index contributed by atoms with van der Waals surface area (Å²) in [5.74, 6) is -0.184. The molecule has 24 heavy (non-hydrogen) atoms. The standard InChI is InChI=1S/C14H16Cl2N2O5S/c1-22-13-10(3-2-9(15)12(13)16)24(20,21)18-5-4-14(8-18)7-17-11(19)6-23-14/h2-3H,4-8H2,1H3,(H,17,19). The highest BCUT2D eigenvalue weighted by atomic mass is 35.5. The number of hydrogen-bond acceptors (Lipinski definition) is 5. The Hall–Kier alpha value is -1.06. The van der Waals surface area contributed by atoms with Gasteiger partial charge in [-0.3, -0.25) is 4.79 Å². The molecule has 0 bridgehead atoms. The molecule has 10 heteroatoms. The maximum Gasteiger partial charge on any atom is 0.246 e. The Morgan fingerprint density at radius 2 is 2.12 bits per heavy atom. The summed E-state index contributed by atoms with van der Waals surface area (Å²) in [6, 6.07) is 2.79. The number of carbonyl (C=O) groups excluding carboxylic acids is 1. The van der Waals surface area contributed by atoms with Crippen molar-refractivity contribution in [3.8, 4) is 5.75 Å². The topological polar surface area (TPSA) is 84.9 Å². The number of hydrogen-bond donors (Lipinski definition) is 1. The van der Waals surface area contributed by atoms with Crippen molar-refractivity contribution < 1.29 is 22.7 Å². The maximum absolute atomic E-state index is 13.0. The van der Waals surface area contributed by atoms with Gasteiger partial charge < -0.3 is 14.8 Å². The quantitative estimate of drug-likeness (QED) is 0.834. The lowest BCUT2D eigenvalue weighted by Crippen LogP contribution is -2.54. The van der Waals surface area contributed by atoms with Crippen LogP contribution in [-0.2, 0) is 19.6 Å². The number of halogens is 2. The molecule has 132 valence electrons. The molecule has 0 aromatic heterocycles. The Morgan fingerprint density at radius 1 is 1.38 bits per heavy atom. The molecule has 2 aliphatic rings. The fraction of sp³-hybridized carbons (Fsp3) is 0.500. The number of nitrogens with zero attached hydrogens (tertiary/aromatic N) is 1. The van der Waals surface area contributed by atoms with Crippen LogP contribution in [-0.4, -0.2) is 57.6 Å². The van der Waals surface area contributed by atoms with Gasteiger partial charge >= 0.3 is 0 Å². The number of sulfonamides is 1. The minimum absolute atomic E-state index is 0.0166. The lowest BCUT2D eigenvalue weighted by atomic mass is 10.0. The van der Waals surface area contributed by atoms with E-state index in [1.54, 1.807) is 0 Å². The van der Waals surface area contributed by atoms with Crippen LogP contribution in [0.3, 0.4) is 0 Å². The van der Waals surface area contributed by atoms with Crippen molar-refractivity contribution in [3.63, 3.8) is 0 Å². The molecule has 0 radical (unpaired) electrons. The van der Waals surface area contributed by atoms with E-state index in [2.05, 4.69) is 5.32 Å². The Morgan fingerprint density at radius 3 is 2.75 bits per heavy atom. The first kappa shape index (κ1) is 17.8. The molecule has 0 aliphatic carbocycles. The summed E-state index contributed by atoms with van der Waals surface area (Å²) in [6.07, 6.45) is 0.496. The van der Waals surface area contributed by atoms with Gasteiger partial charge in [0, 0.05) is 19.6 Å². The number of nitrogens with one attached hydrogen (secondary N) is 1. The number of amides is 1. The second kappa shape index (κ2) is 6.34. The van der Waals surface area contributed by atoms with Crippen LogP contribution in [0.5, 0.6) is 5.75 Å². The summed E-state index contributed by atoms with van der Waals surface area (Å²) in [6.45, 7) is 0.654. The highest BCUT2D eigenvalue weighted by Gasteiger charge is 2.46. The highest BCUT2D eigenvalue weighted by molar-refractivity contribution is 7.89. The number of rotatable bonds is 3. The van der Waals surface area contributed by atoms with Gasteiger partial charge in [0.25, 0.3) is 0 Å². The fourth-order valence-electron chi connectivity index (χ4n) is 2.90. The third kappa shape index (κ3) is 2.97. The SMILES string of the molecule is COc1c(S(=O)(=O)N2CCC3(CNC(=O)CO3)C2)ccc(Cl)c1Cl. The van der Waals surface area contributed by atoms with Crippen LogP contribution in [0.4, 0.5) is 0 Å². The summed E-state index contributed by atoms with van der Waals surface area (Å²) in [5, 5.41) is 2.98. The smallest absolute Gasteiger partial charge is 0.246 e. The van der Waals surface area contributed by atoms with E-state index in [-0.39, 0.29) is 52.8 Å². The van der Waals surface area contributed by atoms with Crippen LogP contribution in [0.15, 0.2) is 17.0 Å². The molecule has 3 rings (SSSR count). The average Bonchev–Trinajstić information content (AvgIpc) is 2.98. The van der Waals surface area contributed by atoms with Crippen molar-refractivity contribution in [2.24, 2.45) is 0 Å². The van der Waals surface area contributed by atoms with E-state index in [9.17, 15) is 13.2 Å². The summed E-state index contributed by atoms with van der Waals surface area (Å²) in [7, 11) is -2.50. The van der Waals surface area contributed by atoms with Gasteiger partial charge in [0.15, 0.2) is 5.75 Å². The van der Waals surface area contributed by atoms with Crippen molar-refractivity contribution in [3.05, 3.63) is 22.2 Å². The van der Waals surface area contributed by atoms with Crippen LogP contribution in [0, 0.1) is 0 Å². The number of carbonyl (C=O) groups is 1. The number of benzene rings is 1. The fourth-order valence-corrected chi connectivity index (χ4v) is 5.02.